The molecule has 2 saturated carbocycles. The predicted octanol–water partition coefficient (Wildman–Crippen LogP) is 3.88. The van der Waals surface area contributed by atoms with Crippen molar-refractivity contribution in [1.29, 1.82) is 0 Å². The molecule has 0 aromatic heterocycles. The standard InChI is InChI=1S/C35H48N2O7/c1-5-36(6-2)25-9-7-23(27(39)19-25)17-26-18-24(32(41)44-26)8-10-28-33(3)12-11-31(40)34(4,21-38)29(33)20-30(35(28)22-43-35)37-13-15-42-16-14-37/h7-10,17-19,28-31,38-40H,5-6,11-16,20-22H2,1-4H3/b10-8+,26-17+/t28?,29?,30?,31-,33+,34-,35?/m0/s1. The molecule has 9 heteroatoms. The number of benzene rings is 1. The van der Waals surface area contributed by atoms with Crippen molar-refractivity contribution in [2.24, 2.45) is 22.7 Å². The van der Waals surface area contributed by atoms with Crippen LogP contribution in [0, 0.1) is 22.7 Å². The minimum atomic E-state index is -0.634. The molecule has 4 unspecified atom stereocenters. The summed E-state index contributed by atoms with van der Waals surface area (Å²) in [6.45, 7) is 13.7. The van der Waals surface area contributed by atoms with Crippen LogP contribution in [-0.2, 0) is 19.0 Å². The maximum absolute atomic E-state index is 13.0. The number of epoxide rings is 1. The minimum absolute atomic E-state index is 0.0293. The number of morpholine rings is 1. The first-order valence-electron chi connectivity index (χ1n) is 16.3. The molecule has 0 bridgehead atoms. The van der Waals surface area contributed by atoms with Crippen LogP contribution in [0.5, 0.6) is 5.75 Å². The minimum Gasteiger partial charge on any atom is -0.507 e. The molecule has 0 amide bonds. The number of carbonyl (C=O) groups is 1. The van der Waals surface area contributed by atoms with E-state index in [1.807, 2.05) is 25.1 Å². The van der Waals surface area contributed by atoms with E-state index in [-0.39, 0.29) is 35.6 Å². The summed E-state index contributed by atoms with van der Waals surface area (Å²) in [4.78, 5) is 17.7. The average molecular weight is 609 g/mol. The van der Waals surface area contributed by atoms with Gasteiger partial charge in [-0.15, -0.1) is 0 Å². The molecule has 3 N–H and O–H groups in total. The van der Waals surface area contributed by atoms with E-state index in [1.54, 1.807) is 18.2 Å². The van der Waals surface area contributed by atoms with Gasteiger partial charge in [0.05, 0.1) is 38.1 Å². The van der Waals surface area contributed by atoms with Gasteiger partial charge in [0.1, 0.15) is 17.1 Å². The normalized spacial score (nSPS) is 38.2. The van der Waals surface area contributed by atoms with Crippen LogP contribution in [0.2, 0.25) is 0 Å². The highest BCUT2D eigenvalue weighted by atomic mass is 16.6. The van der Waals surface area contributed by atoms with Gasteiger partial charge in [-0.3, -0.25) is 4.90 Å². The Balaban J connectivity index is 1.31. The molecule has 6 rings (SSSR count). The molecule has 3 heterocycles. The second kappa shape index (κ2) is 11.9. The molecular formula is C35H48N2O7. The Bertz CT molecular complexity index is 1340. The number of anilines is 1. The second-order valence-corrected chi connectivity index (χ2v) is 13.7. The van der Waals surface area contributed by atoms with Gasteiger partial charge in [0.25, 0.3) is 0 Å². The fourth-order valence-corrected chi connectivity index (χ4v) is 8.82. The Labute approximate surface area is 260 Å². The maximum atomic E-state index is 13.0. The number of hydrogen-bond donors (Lipinski definition) is 3. The number of aromatic hydroxyl groups is 1. The Morgan fingerprint density at radius 1 is 1.16 bits per heavy atom. The van der Waals surface area contributed by atoms with Crippen LogP contribution in [0.4, 0.5) is 5.69 Å². The average Bonchev–Trinajstić information content (AvgIpc) is 3.72. The summed E-state index contributed by atoms with van der Waals surface area (Å²) in [5.41, 5.74) is 0.696. The van der Waals surface area contributed by atoms with Gasteiger partial charge in [0, 0.05) is 60.9 Å². The van der Waals surface area contributed by atoms with Crippen LogP contribution in [0.1, 0.15) is 52.5 Å². The van der Waals surface area contributed by atoms with Gasteiger partial charge in [-0.2, -0.15) is 0 Å². The Morgan fingerprint density at radius 2 is 1.89 bits per heavy atom. The van der Waals surface area contributed by atoms with E-state index in [9.17, 15) is 20.1 Å². The number of cyclic esters (lactones) is 1. The van der Waals surface area contributed by atoms with Crippen LogP contribution >= 0.6 is 0 Å². The molecule has 4 fully saturated rings. The van der Waals surface area contributed by atoms with Gasteiger partial charge in [0.15, 0.2) is 0 Å². The number of nitrogens with zero attached hydrogens (tertiary/aromatic N) is 2. The number of ether oxygens (including phenoxy) is 3. The van der Waals surface area contributed by atoms with E-state index in [1.165, 1.54) is 0 Å². The molecule has 5 aliphatic rings. The summed E-state index contributed by atoms with van der Waals surface area (Å²) in [5.74, 6) is 0.108. The van der Waals surface area contributed by atoms with E-state index in [0.717, 1.165) is 44.7 Å². The molecule has 1 aromatic rings. The number of hydrogen-bond acceptors (Lipinski definition) is 9. The number of allylic oxidation sites excluding steroid dienone is 1. The van der Waals surface area contributed by atoms with Crippen LogP contribution in [0.15, 0.2) is 47.8 Å². The van der Waals surface area contributed by atoms with E-state index < -0.39 is 23.1 Å². The number of phenols is 1. The highest BCUT2D eigenvalue weighted by Crippen LogP contribution is 2.66. The lowest BCUT2D eigenvalue weighted by atomic mass is 9.44. The smallest absolute Gasteiger partial charge is 0.343 e. The summed E-state index contributed by atoms with van der Waals surface area (Å²) < 4.78 is 17.7. The second-order valence-electron chi connectivity index (χ2n) is 13.7. The van der Waals surface area contributed by atoms with Crippen molar-refractivity contribution in [2.75, 3.05) is 57.5 Å². The van der Waals surface area contributed by atoms with Gasteiger partial charge >= 0.3 is 5.97 Å². The summed E-state index contributed by atoms with van der Waals surface area (Å²) in [6, 6.07) is 5.66. The summed E-state index contributed by atoms with van der Waals surface area (Å²) >= 11 is 0. The zero-order valence-corrected chi connectivity index (χ0v) is 26.5. The topological polar surface area (TPSA) is 115 Å². The van der Waals surface area contributed by atoms with Crippen LogP contribution in [-0.4, -0.2) is 96.5 Å². The van der Waals surface area contributed by atoms with Crippen molar-refractivity contribution >= 4 is 17.7 Å². The molecule has 1 spiro atoms. The number of carbonyl (C=O) groups excluding carboxylic acids is 1. The van der Waals surface area contributed by atoms with Gasteiger partial charge in [-0.1, -0.05) is 26.0 Å². The third-order valence-corrected chi connectivity index (χ3v) is 11.5. The van der Waals surface area contributed by atoms with E-state index in [0.29, 0.717) is 43.1 Å². The number of aliphatic hydroxyl groups is 2. The van der Waals surface area contributed by atoms with Crippen molar-refractivity contribution in [3.05, 3.63) is 53.3 Å². The zero-order valence-electron chi connectivity index (χ0n) is 26.5. The van der Waals surface area contributed by atoms with Crippen LogP contribution < -0.4 is 4.90 Å². The van der Waals surface area contributed by atoms with Crippen molar-refractivity contribution in [1.82, 2.24) is 4.90 Å². The van der Waals surface area contributed by atoms with Crippen LogP contribution in [0.25, 0.3) is 6.08 Å². The predicted molar refractivity (Wildman–Crippen MR) is 168 cm³/mol. The molecule has 1 aromatic carbocycles. The molecule has 2 saturated heterocycles. The van der Waals surface area contributed by atoms with Crippen molar-refractivity contribution in [3.8, 4) is 5.75 Å². The lowest BCUT2D eigenvalue weighted by molar-refractivity contribution is -0.186. The third-order valence-electron chi connectivity index (χ3n) is 11.5. The molecule has 240 valence electrons. The van der Waals surface area contributed by atoms with Crippen molar-refractivity contribution in [3.63, 3.8) is 0 Å². The first-order valence-corrected chi connectivity index (χ1v) is 16.3. The Morgan fingerprint density at radius 3 is 2.52 bits per heavy atom. The number of rotatable bonds is 8. The lowest BCUT2D eigenvalue weighted by Gasteiger charge is -2.63. The van der Waals surface area contributed by atoms with Crippen molar-refractivity contribution in [2.45, 2.75) is 64.7 Å². The molecule has 9 nitrogen and oxygen atoms in total. The number of phenolic OH excluding ortho intramolecular Hbond substituents is 1. The Kier molecular flexibility index (Phi) is 8.47. The Hall–Kier alpha value is -2.69. The monoisotopic (exact) mass is 608 g/mol. The summed E-state index contributed by atoms with van der Waals surface area (Å²) in [5, 5.41) is 32.5. The maximum Gasteiger partial charge on any atom is 0.343 e. The number of aliphatic hydroxyl groups excluding tert-OH is 2. The SMILES string of the molecule is CCN(CC)c1ccc(/C=C2C=C(/C=C/C3C4(CO4)C(N4CCOCC4)CC4[C@]3(C)CC[C@H](O)[C@@]4(C)CO)C(=O)O\2)c(O)c1. The molecule has 2 aliphatic carbocycles. The highest BCUT2D eigenvalue weighted by Gasteiger charge is 2.71. The van der Waals surface area contributed by atoms with Gasteiger partial charge < -0.3 is 34.4 Å². The van der Waals surface area contributed by atoms with Gasteiger partial charge in [0.2, 0.25) is 0 Å². The molecule has 0 radical (unpaired) electrons. The van der Waals surface area contributed by atoms with Crippen LogP contribution in [0.3, 0.4) is 0 Å². The van der Waals surface area contributed by atoms with E-state index >= 15 is 0 Å². The first kappa shape index (κ1) is 31.3. The van der Waals surface area contributed by atoms with Gasteiger partial charge in [-0.25, -0.2) is 4.79 Å². The highest BCUT2D eigenvalue weighted by molar-refractivity contribution is 5.96. The fourth-order valence-electron chi connectivity index (χ4n) is 8.82. The molecule has 3 aliphatic heterocycles. The van der Waals surface area contributed by atoms with Crippen molar-refractivity contribution < 1.29 is 34.3 Å². The van der Waals surface area contributed by atoms with E-state index in [4.69, 9.17) is 14.2 Å². The quantitative estimate of drug-likeness (QED) is 0.299. The van der Waals surface area contributed by atoms with E-state index in [2.05, 4.69) is 36.6 Å². The zero-order chi connectivity index (χ0) is 31.3. The molecule has 44 heavy (non-hydrogen) atoms. The largest absolute Gasteiger partial charge is 0.507 e. The van der Waals surface area contributed by atoms with Gasteiger partial charge in [-0.05, 0) is 68.7 Å². The number of esters is 1. The lowest BCUT2D eigenvalue weighted by Crippen LogP contribution is -2.67. The summed E-state index contributed by atoms with van der Waals surface area (Å²) in [6.07, 6.45) is 9.09. The third kappa shape index (κ3) is 5.20. The fraction of sp³-hybridized carbons (Fsp3) is 0.629. The molecular weight excluding hydrogens is 560 g/mol. The summed E-state index contributed by atoms with van der Waals surface area (Å²) in [7, 11) is 0. The number of fused-ring (bicyclic) bond motifs is 1. The first-order chi connectivity index (χ1) is 21.1. The molecule has 7 atom stereocenters.